The fourth-order valence-corrected chi connectivity index (χ4v) is 4.66. The molecule has 0 bridgehead atoms. The van der Waals surface area contributed by atoms with Gasteiger partial charge in [-0.05, 0) is 35.4 Å². The second-order valence-corrected chi connectivity index (χ2v) is 8.27. The minimum atomic E-state index is 0.307. The van der Waals surface area contributed by atoms with E-state index in [-0.39, 0.29) is 0 Å². The molecule has 2 aromatic carbocycles. The Bertz CT molecular complexity index is 1210. The summed E-state index contributed by atoms with van der Waals surface area (Å²) < 4.78 is 6.05. The number of piperazine rings is 1. The van der Waals surface area contributed by atoms with Crippen LogP contribution in [-0.2, 0) is 6.42 Å². The van der Waals surface area contributed by atoms with Crippen LogP contribution in [0.5, 0.6) is 11.8 Å². The first-order chi connectivity index (χ1) is 16.2. The minimum absolute atomic E-state index is 0.307. The molecule has 8 heteroatoms. The number of hydrogen-bond acceptors (Lipinski definition) is 8. The van der Waals surface area contributed by atoms with Crippen LogP contribution in [0.2, 0.25) is 0 Å². The van der Waals surface area contributed by atoms with E-state index in [1.807, 2.05) is 13.1 Å². The fourth-order valence-electron chi connectivity index (χ4n) is 4.66. The van der Waals surface area contributed by atoms with Crippen molar-refractivity contribution in [1.82, 2.24) is 14.9 Å². The number of nitrogens with one attached hydrogen (secondary N) is 1. The summed E-state index contributed by atoms with van der Waals surface area (Å²) in [5.74, 6) is 1.46. The Morgan fingerprint density at radius 1 is 1.12 bits per heavy atom. The van der Waals surface area contributed by atoms with Gasteiger partial charge in [-0.25, -0.2) is 0 Å². The summed E-state index contributed by atoms with van der Waals surface area (Å²) in [6.07, 6.45) is 0.721. The van der Waals surface area contributed by atoms with Crippen molar-refractivity contribution in [3.8, 4) is 29.0 Å². The molecule has 0 saturated carbocycles. The molecule has 33 heavy (non-hydrogen) atoms. The normalized spacial score (nSPS) is 15.0. The van der Waals surface area contributed by atoms with Gasteiger partial charge in [-0.15, -0.1) is 0 Å². The van der Waals surface area contributed by atoms with Crippen LogP contribution in [0.15, 0.2) is 42.5 Å². The molecule has 0 spiro atoms. The number of nitrogens with two attached hydrogens (primary N) is 1. The quantitative estimate of drug-likeness (QED) is 0.471. The van der Waals surface area contributed by atoms with E-state index in [4.69, 9.17) is 20.4 Å². The third kappa shape index (κ3) is 4.09. The summed E-state index contributed by atoms with van der Waals surface area (Å²) in [6, 6.07) is 15.8. The van der Waals surface area contributed by atoms with Gasteiger partial charge >= 0.3 is 6.01 Å². The number of fused-ring (bicyclic) bond motifs is 3. The molecule has 0 atom stereocenters. The fraction of sp³-hybridized carbons (Fsp3) is 0.320. The van der Waals surface area contributed by atoms with Gasteiger partial charge < -0.3 is 20.7 Å². The van der Waals surface area contributed by atoms with Gasteiger partial charge in [0.25, 0.3) is 0 Å². The zero-order chi connectivity index (χ0) is 22.8. The van der Waals surface area contributed by atoms with Gasteiger partial charge in [0.05, 0.1) is 17.3 Å². The lowest BCUT2D eigenvalue weighted by molar-refractivity contribution is 0.264. The molecule has 2 aliphatic rings. The van der Waals surface area contributed by atoms with Gasteiger partial charge in [0.2, 0.25) is 0 Å². The first-order valence-electron chi connectivity index (χ1n) is 11.3. The van der Waals surface area contributed by atoms with Crippen LogP contribution >= 0.6 is 0 Å². The smallest absolute Gasteiger partial charge is 0.324 e. The minimum Gasteiger partial charge on any atom is -0.424 e. The van der Waals surface area contributed by atoms with Gasteiger partial charge in [0, 0.05) is 64.0 Å². The summed E-state index contributed by atoms with van der Waals surface area (Å²) in [4.78, 5) is 14.4. The molecule has 0 unspecified atom stereocenters. The van der Waals surface area contributed by atoms with E-state index < -0.39 is 0 Å². The molecule has 1 saturated heterocycles. The number of hydrogen-bond donors (Lipinski definition) is 2. The first kappa shape index (κ1) is 21.2. The topological polar surface area (TPSA) is 103 Å². The Labute approximate surface area is 193 Å². The average Bonchev–Trinajstić information content (AvgIpc) is 3.23. The van der Waals surface area contributed by atoms with Gasteiger partial charge in [0.1, 0.15) is 11.6 Å². The zero-order valence-corrected chi connectivity index (χ0v) is 18.7. The third-order valence-corrected chi connectivity index (χ3v) is 6.29. The predicted octanol–water partition coefficient (Wildman–Crippen LogP) is 2.83. The first-order valence-corrected chi connectivity index (χ1v) is 11.3. The molecule has 0 radical (unpaired) electrons. The number of rotatable bonds is 6. The summed E-state index contributed by atoms with van der Waals surface area (Å²) in [5.41, 5.74) is 11.9. The number of nitrogens with zero attached hydrogens (tertiary/aromatic N) is 5. The largest absolute Gasteiger partial charge is 0.424 e. The Hall–Kier alpha value is -3.67. The molecule has 168 valence electrons. The molecule has 1 aliphatic heterocycles. The Morgan fingerprint density at radius 2 is 1.94 bits per heavy atom. The van der Waals surface area contributed by atoms with Crippen molar-refractivity contribution in [3.63, 3.8) is 0 Å². The number of benzene rings is 2. The van der Waals surface area contributed by atoms with E-state index in [1.165, 1.54) is 11.1 Å². The van der Waals surface area contributed by atoms with Gasteiger partial charge in [-0.2, -0.15) is 15.2 Å². The van der Waals surface area contributed by atoms with E-state index >= 15 is 0 Å². The summed E-state index contributed by atoms with van der Waals surface area (Å²) in [5, 5.41) is 12.5. The zero-order valence-electron chi connectivity index (χ0n) is 18.7. The third-order valence-electron chi connectivity index (χ3n) is 6.29. The van der Waals surface area contributed by atoms with Crippen molar-refractivity contribution < 1.29 is 4.74 Å². The predicted molar refractivity (Wildman–Crippen MR) is 129 cm³/mol. The average molecular weight is 442 g/mol. The lowest BCUT2D eigenvalue weighted by atomic mass is 10.0. The monoisotopic (exact) mass is 441 g/mol. The van der Waals surface area contributed by atoms with Crippen LogP contribution < -0.4 is 20.7 Å². The molecule has 0 amide bonds. The Balaban J connectivity index is 1.54. The highest BCUT2D eigenvalue weighted by molar-refractivity contribution is 5.88. The summed E-state index contributed by atoms with van der Waals surface area (Å²) in [7, 11) is 1.94. The van der Waals surface area contributed by atoms with Crippen LogP contribution in [0.25, 0.3) is 11.1 Å². The molecule has 2 heterocycles. The van der Waals surface area contributed by atoms with Crippen molar-refractivity contribution in [2.24, 2.45) is 5.73 Å². The molecule has 1 fully saturated rings. The van der Waals surface area contributed by atoms with Crippen LogP contribution in [0, 0.1) is 11.3 Å². The summed E-state index contributed by atoms with van der Waals surface area (Å²) in [6.45, 7) is 5.21. The molecule has 1 aliphatic carbocycles. The highest BCUT2D eigenvalue weighted by atomic mass is 16.5. The molecule has 3 N–H and O–H groups in total. The van der Waals surface area contributed by atoms with E-state index in [0.717, 1.165) is 61.9 Å². The number of anilines is 2. The second kappa shape index (κ2) is 9.06. The summed E-state index contributed by atoms with van der Waals surface area (Å²) >= 11 is 0. The highest BCUT2D eigenvalue weighted by Crippen LogP contribution is 2.45. The standard InChI is InChI=1S/C25H27N7O/c1-28-21-7-3-6-19-20(21)15-22-23(19)24(32-12-10-31(9-8-26)11-13-32)30-25(29-22)33-18-5-2-4-17(14-18)16-27/h2-7,14,28H,8-13,15,26H2,1H3. The van der Waals surface area contributed by atoms with Gasteiger partial charge in [-0.3, -0.25) is 4.90 Å². The molecular formula is C25H27N7O. The lowest BCUT2D eigenvalue weighted by Gasteiger charge is -2.36. The van der Waals surface area contributed by atoms with Crippen LogP contribution in [0.3, 0.4) is 0 Å². The number of aromatic nitrogens is 2. The van der Waals surface area contributed by atoms with E-state index in [1.54, 1.807) is 18.2 Å². The Kier molecular flexibility index (Phi) is 5.82. The number of nitriles is 1. The molecule has 5 rings (SSSR count). The van der Waals surface area contributed by atoms with E-state index in [0.29, 0.717) is 23.9 Å². The molecular weight excluding hydrogens is 414 g/mol. The van der Waals surface area contributed by atoms with Crippen molar-refractivity contribution in [2.45, 2.75) is 6.42 Å². The van der Waals surface area contributed by atoms with E-state index in [9.17, 15) is 5.26 Å². The second-order valence-electron chi connectivity index (χ2n) is 8.27. The highest BCUT2D eigenvalue weighted by Gasteiger charge is 2.31. The Morgan fingerprint density at radius 3 is 2.70 bits per heavy atom. The molecule has 1 aromatic heterocycles. The van der Waals surface area contributed by atoms with Gasteiger partial charge in [0.15, 0.2) is 0 Å². The lowest BCUT2D eigenvalue weighted by Crippen LogP contribution is -2.48. The molecule has 3 aromatic rings. The maximum Gasteiger partial charge on any atom is 0.324 e. The SMILES string of the molecule is CNc1cccc2c1Cc1nc(Oc3cccc(C#N)c3)nc(N3CCN(CCN)CC3)c1-2. The van der Waals surface area contributed by atoms with Crippen LogP contribution in [-0.4, -0.2) is 61.2 Å². The van der Waals surface area contributed by atoms with Crippen molar-refractivity contribution in [3.05, 3.63) is 59.3 Å². The van der Waals surface area contributed by atoms with Crippen molar-refractivity contribution >= 4 is 11.5 Å². The maximum absolute atomic E-state index is 9.22. The van der Waals surface area contributed by atoms with Crippen molar-refractivity contribution in [2.75, 3.05) is 56.5 Å². The van der Waals surface area contributed by atoms with Gasteiger partial charge in [-0.1, -0.05) is 18.2 Å². The van der Waals surface area contributed by atoms with E-state index in [2.05, 4.69) is 39.4 Å². The maximum atomic E-state index is 9.22. The van der Waals surface area contributed by atoms with Crippen LogP contribution in [0.1, 0.15) is 16.8 Å². The molecule has 8 nitrogen and oxygen atoms in total. The van der Waals surface area contributed by atoms with Crippen molar-refractivity contribution in [1.29, 1.82) is 5.26 Å². The van der Waals surface area contributed by atoms with Crippen LogP contribution in [0.4, 0.5) is 11.5 Å². The number of ether oxygens (including phenoxy) is 1.